The molecule has 0 aliphatic rings. The fraction of sp³-hybridized carbons (Fsp3) is 0.125. The molecule has 0 N–H and O–H groups in total. The third kappa shape index (κ3) is 0.927. The van der Waals surface area contributed by atoms with Crippen LogP contribution < -0.4 is 5.46 Å². The average molecular weight is 142 g/mol. The minimum atomic E-state index is 0.779. The molecule has 3 heteroatoms. The highest BCUT2D eigenvalue weighted by atomic mass is 15.2. The molecular weight excluding hydrogens is 135 g/mol. The van der Waals surface area contributed by atoms with E-state index in [9.17, 15) is 0 Å². The van der Waals surface area contributed by atoms with Crippen LogP contribution in [0.2, 0.25) is 0 Å². The summed E-state index contributed by atoms with van der Waals surface area (Å²) < 4.78 is 1.81. The highest BCUT2D eigenvalue weighted by Gasteiger charge is 1.96. The normalized spacial score (nSPS) is 10.6. The predicted octanol–water partition coefficient (Wildman–Crippen LogP) is 0.367. The van der Waals surface area contributed by atoms with Gasteiger partial charge in [-0.25, -0.2) is 0 Å². The summed E-state index contributed by atoms with van der Waals surface area (Å²) in [5.41, 5.74) is 1.85. The maximum absolute atomic E-state index is 5.61. The molecule has 0 spiro atoms. The zero-order valence-corrected chi connectivity index (χ0v) is 6.28. The first kappa shape index (κ1) is 6.46. The lowest BCUT2D eigenvalue weighted by Gasteiger charge is -1.94. The van der Waals surface area contributed by atoms with Gasteiger partial charge in [-0.15, -0.1) is 0 Å². The van der Waals surface area contributed by atoms with Crippen molar-refractivity contribution in [1.29, 1.82) is 0 Å². The van der Waals surface area contributed by atoms with Crippen molar-refractivity contribution in [3.05, 3.63) is 24.4 Å². The van der Waals surface area contributed by atoms with Crippen LogP contribution in [0.1, 0.15) is 0 Å². The quantitative estimate of drug-likeness (QED) is 0.485. The summed E-state index contributed by atoms with van der Waals surface area (Å²) in [6.45, 7) is 0. The van der Waals surface area contributed by atoms with Crippen LogP contribution in [-0.2, 0) is 7.05 Å². The maximum Gasteiger partial charge on any atom is 0.113 e. The molecule has 0 saturated carbocycles. The zero-order valence-electron chi connectivity index (χ0n) is 6.28. The molecule has 2 nitrogen and oxygen atoms in total. The van der Waals surface area contributed by atoms with E-state index in [0.717, 1.165) is 16.4 Å². The van der Waals surface area contributed by atoms with E-state index < -0.39 is 0 Å². The first-order valence-corrected chi connectivity index (χ1v) is 3.44. The Labute approximate surface area is 66.2 Å². The molecule has 1 heterocycles. The fourth-order valence-corrected chi connectivity index (χ4v) is 1.16. The highest BCUT2D eigenvalue weighted by molar-refractivity contribution is 6.33. The van der Waals surface area contributed by atoms with Gasteiger partial charge in [0.2, 0.25) is 0 Å². The first-order chi connectivity index (χ1) is 5.27. The van der Waals surface area contributed by atoms with E-state index in [1.165, 1.54) is 0 Å². The van der Waals surface area contributed by atoms with Gasteiger partial charge in [-0.2, -0.15) is 5.10 Å². The van der Waals surface area contributed by atoms with Crippen LogP contribution >= 0.6 is 0 Å². The van der Waals surface area contributed by atoms with Gasteiger partial charge < -0.3 is 0 Å². The van der Waals surface area contributed by atoms with Crippen molar-refractivity contribution in [3.8, 4) is 0 Å². The van der Waals surface area contributed by atoms with Gasteiger partial charge in [0.15, 0.2) is 0 Å². The van der Waals surface area contributed by atoms with Gasteiger partial charge in [-0.3, -0.25) is 4.68 Å². The molecule has 2 aromatic rings. The molecule has 11 heavy (non-hydrogen) atoms. The summed E-state index contributed by atoms with van der Waals surface area (Å²) in [4.78, 5) is 0. The van der Waals surface area contributed by atoms with E-state index in [2.05, 4.69) is 5.10 Å². The summed E-state index contributed by atoms with van der Waals surface area (Å²) in [7, 11) is 7.52. The van der Waals surface area contributed by atoms with Crippen molar-refractivity contribution in [3.63, 3.8) is 0 Å². The Morgan fingerprint density at radius 1 is 1.45 bits per heavy atom. The van der Waals surface area contributed by atoms with Crippen molar-refractivity contribution >= 4 is 24.2 Å². The van der Waals surface area contributed by atoms with Crippen LogP contribution in [0.5, 0.6) is 0 Å². The number of aryl methyl sites for hydroxylation is 1. The number of aromatic nitrogens is 2. The van der Waals surface area contributed by atoms with Gasteiger partial charge in [0, 0.05) is 12.4 Å². The molecule has 0 amide bonds. The number of hydrogen-bond donors (Lipinski definition) is 0. The van der Waals surface area contributed by atoms with E-state index in [1.807, 2.05) is 36.1 Å². The smallest absolute Gasteiger partial charge is 0.113 e. The first-order valence-electron chi connectivity index (χ1n) is 3.44. The summed E-state index contributed by atoms with van der Waals surface area (Å²) in [5.74, 6) is 0. The molecule has 2 radical (unpaired) electrons. The Kier molecular flexibility index (Phi) is 1.25. The number of rotatable bonds is 0. The predicted molar refractivity (Wildman–Crippen MR) is 46.1 cm³/mol. The monoisotopic (exact) mass is 142 g/mol. The minimum Gasteiger partial charge on any atom is -0.268 e. The zero-order chi connectivity index (χ0) is 7.84. The second-order valence-electron chi connectivity index (χ2n) is 2.59. The van der Waals surface area contributed by atoms with E-state index >= 15 is 0 Å². The summed E-state index contributed by atoms with van der Waals surface area (Å²) in [6.07, 6.45) is 1.83. The van der Waals surface area contributed by atoms with Crippen molar-refractivity contribution in [1.82, 2.24) is 9.78 Å². The number of fused-ring (bicyclic) bond motifs is 1. The van der Waals surface area contributed by atoms with E-state index in [1.54, 1.807) is 0 Å². The standard InChI is InChI=1S/C8H7BN2/c1-11-8-4-7(9)3-2-6(8)5-10-11/h2-5H,1H3. The Morgan fingerprint density at radius 2 is 2.27 bits per heavy atom. The lowest BCUT2D eigenvalue weighted by molar-refractivity contribution is 0.797. The molecule has 0 unspecified atom stereocenters. The second kappa shape index (κ2) is 2.12. The molecule has 1 aromatic heterocycles. The lowest BCUT2D eigenvalue weighted by Crippen LogP contribution is -2.01. The summed E-state index contributed by atoms with van der Waals surface area (Å²) in [5, 5.41) is 5.22. The molecule has 0 aliphatic carbocycles. The summed E-state index contributed by atoms with van der Waals surface area (Å²) >= 11 is 0. The maximum atomic E-state index is 5.61. The molecule has 0 saturated heterocycles. The Balaban J connectivity index is 2.87. The second-order valence-corrected chi connectivity index (χ2v) is 2.59. The molecule has 0 atom stereocenters. The molecule has 0 bridgehead atoms. The van der Waals surface area contributed by atoms with Gasteiger partial charge in [-0.05, 0) is 6.07 Å². The van der Waals surface area contributed by atoms with Crippen LogP contribution in [-0.4, -0.2) is 17.6 Å². The molecule has 52 valence electrons. The lowest BCUT2D eigenvalue weighted by atomic mass is 9.95. The van der Waals surface area contributed by atoms with Crippen LogP contribution in [0.3, 0.4) is 0 Å². The third-order valence-electron chi connectivity index (χ3n) is 1.77. The van der Waals surface area contributed by atoms with Crippen LogP contribution in [0.15, 0.2) is 24.4 Å². The average Bonchev–Trinajstić information content (AvgIpc) is 2.33. The van der Waals surface area contributed by atoms with Gasteiger partial charge in [0.1, 0.15) is 7.85 Å². The van der Waals surface area contributed by atoms with Crippen molar-refractivity contribution in [2.24, 2.45) is 7.05 Å². The number of nitrogens with zero attached hydrogens (tertiary/aromatic N) is 2. The van der Waals surface area contributed by atoms with E-state index in [4.69, 9.17) is 7.85 Å². The number of hydrogen-bond acceptors (Lipinski definition) is 1. The SMILES string of the molecule is [B]c1ccc2cnn(C)c2c1. The largest absolute Gasteiger partial charge is 0.268 e. The van der Waals surface area contributed by atoms with Gasteiger partial charge in [0.05, 0.1) is 11.7 Å². The van der Waals surface area contributed by atoms with Gasteiger partial charge in [0.25, 0.3) is 0 Å². The molecule has 0 aliphatic heterocycles. The topological polar surface area (TPSA) is 17.8 Å². The van der Waals surface area contributed by atoms with Gasteiger partial charge in [-0.1, -0.05) is 17.6 Å². The fourth-order valence-electron chi connectivity index (χ4n) is 1.16. The van der Waals surface area contributed by atoms with E-state index in [0.29, 0.717) is 0 Å². The molecular formula is C8H7BN2. The molecule has 1 aromatic carbocycles. The highest BCUT2D eigenvalue weighted by Crippen LogP contribution is 2.08. The van der Waals surface area contributed by atoms with Crippen LogP contribution in [0, 0.1) is 0 Å². The Bertz CT molecular complexity index is 392. The van der Waals surface area contributed by atoms with Gasteiger partial charge >= 0.3 is 0 Å². The Morgan fingerprint density at radius 3 is 3.09 bits per heavy atom. The van der Waals surface area contributed by atoms with Crippen molar-refractivity contribution in [2.75, 3.05) is 0 Å². The van der Waals surface area contributed by atoms with Crippen LogP contribution in [0.4, 0.5) is 0 Å². The van der Waals surface area contributed by atoms with Crippen molar-refractivity contribution in [2.45, 2.75) is 0 Å². The molecule has 0 fully saturated rings. The van der Waals surface area contributed by atoms with Crippen LogP contribution in [0.25, 0.3) is 10.9 Å². The molecule has 2 rings (SSSR count). The minimum absolute atomic E-state index is 0.779. The summed E-state index contributed by atoms with van der Waals surface area (Å²) in [6, 6.07) is 5.77. The van der Waals surface area contributed by atoms with E-state index in [-0.39, 0.29) is 0 Å². The Hall–Kier alpha value is -1.25. The number of benzene rings is 1. The third-order valence-corrected chi connectivity index (χ3v) is 1.77. The van der Waals surface area contributed by atoms with Crippen molar-refractivity contribution < 1.29 is 0 Å².